The van der Waals surface area contributed by atoms with Crippen LogP contribution < -0.4 is 58.2 Å². The molecule has 68 valence electrons. The van der Waals surface area contributed by atoms with Gasteiger partial charge in [-0.3, -0.25) is 4.79 Å². The summed E-state index contributed by atoms with van der Waals surface area (Å²) in [4.78, 5) is 22.7. The van der Waals surface area contributed by atoms with E-state index < -0.39 is 5.97 Å². The van der Waals surface area contributed by atoms with E-state index in [1.165, 1.54) is 11.3 Å². The number of carbonyl (C=O) groups excluding carboxylic acids is 1. The van der Waals surface area contributed by atoms with E-state index in [0.717, 1.165) is 0 Å². The number of carboxylic acid groups (broad SMARTS) is 1. The molecule has 0 fully saturated rings. The number of aromatic carboxylic acids is 1. The smallest absolute Gasteiger partial charge is 0.478 e. The van der Waals surface area contributed by atoms with Crippen molar-refractivity contribution in [2.75, 3.05) is 0 Å². The van der Waals surface area contributed by atoms with Gasteiger partial charge in [0.1, 0.15) is 5.78 Å². The molecular formula is C9H7O3RbS. The molecule has 14 heavy (non-hydrogen) atoms. The van der Waals surface area contributed by atoms with Crippen molar-refractivity contribution in [3.8, 4) is 0 Å². The first-order valence-corrected chi connectivity index (χ1v) is 4.76. The minimum atomic E-state index is -0.944. The van der Waals surface area contributed by atoms with Crippen LogP contribution >= 0.6 is 11.3 Å². The first kappa shape index (κ1) is 12.7. The number of carboxylic acids is 1. The topological polar surface area (TPSA) is 54.4 Å². The Morgan fingerprint density at radius 2 is 2.21 bits per heavy atom. The van der Waals surface area contributed by atoms with E-state index in [1.807, 2.05) is 6.42 Å². The second-order valence-corrected chi connectivity index (χ2v) is 3.76. The molecular weight excluding hydrogens is 274 g/mol. The first-order chi connectivity index (χ1) is 6.20. The van der Waals surface area contributed by atoms with E-state index in [1.54, 1.807) is 5.38 Å². The number of carbonyl (C=O) groups is 2. The monoisotopic (exact) mass is 280 g/mol. The molecule has 0 spiro atoms. The van der Waals surface area contributed by atoms with Crippen LogP contribution in [0.4, 0.5) is 0 Å². The second kappa shape index (κ2) is 5.12. The summed E-state index contributed by atoms with van der Waals surface area (Å²) in [6, 6.07) is 0. The van der Waals surface area contributed by atoms with Crippen molar-refractivity contribution in [3.05, 3.63) is 27.8 Å². The number of fused-ring (bicyclic) bond motifs is 1. The van der Waals surface area contributed by atoms with Gasteiger partial charge < -0.3 is 11.5 Å². The number of Topliss-reactive ketones (excluding diaryl/α,β-unsaturated/α-hetero) is 1. The summed E-state index contributed by atoms with van der Waals surface area (Å²) in [6.07, 6.45) is 2.86. The largest absolute Gasteiger partial charge is 1.00 e. The molecule has 1 aromatic heterocycles. The minimum Gasteiger partial charge on any atom is -0.478 e. The van der Waals surface area contributed by atoms with Crippen LogP contribution in [0.25, 0.3) is 0 Å². The van der Waals surface area contributed by atoms with Crippen LogP contribution in [0.15, 0.2) is 5.38 Å². The van der Waals surface area contributed by atoms with E-state index in [9.17, 15) is 9.59 Å². The Hall–Kier alpha value is 0.645. The molecule has 1 aromatic rings. The third-order valence-electron chi connectivity index (χ3n) is 2.06. The first-order valence-electron chi connectivity index (χ1n) is 3.88. The maximum atomic E-state index is 11.3. The van der Waals surface area contributed by atoms with Crippen LogP contribution in [0.2, 0.25) is 0 Å². The average Bonchev–Trinajstić information content (AvgIpc) is 2.48. The predicted molar refractivity (Wildman–Crippen MR) is 48.2 cm³/mol. The summed E-state index contributed by atoms with van der Waals surface area (Å²) in [5.41, 5.74) is 0.970. The Morgan fingerprint density at radius 1 is 1.50 bits per heavy atom. The van der Waals surface area contributed by atoms with Crippen molar-refractivity contribution < 1.29 is 72.9 Å². The number of hydrogen-bond donors (Lipinski definition) is 1. The molecule has 0 amide bonds. The Bertz CT molecular complexity index is 370. The molecule has 1 heterocycles. The molecule has 1 N–H and O–H groups in total. The quantitative estimate of drug-likeness (QED) is 0.657. The van der Waals surface area contributed by atoms with Gasteiger partial charge in [0.05, 0.1) is 10.4 Å². The van der Waals surface area contributed by atoms with Gasteiger partial charge >= 0.3 is 64.2 Å². The zero-order valence-electron chi connectivity index (χ0n) is 7.74. The Balaban J connectivity index is 0.000000980. The van der Waals surface area contributed by atoms with E-state index in [0.29, 0.717) is 23.3 Å². The molecule has 0 aromatic carbocycles. The third kappa shape index (κ3) is 2.24. The Labute approximate surface area is 134 Å². The Kier molecular flexibility index (Phi) is 4.65. The molecule has 0 saturated carbocycles. The summed E-state index contributed by atoms with van der Waals surface area (Å²) in [6.45, 7) is 0. The molecule has 0 saturated heterocycles. The van der Waals surface area contributed by atoms with Crippen molar-refractivity contribution in [2.24, 2.45) is 0 Å². The van der Waals surface area contributed by atoms with E-state index >= 15 is 0 Å². The van der Waals surface area contributed by atoms with Crippen molar-refractivity contribution >= 4 is 23.1 Å². The summed E-state index contributed by atoms with van der Waals surface area (Å²) in [5, 5.41) is 10.3. The second-order valence-electron chi connectivity index (χ2n) is 2.88. The molecule has 1 aliphatic carbocycles. The van der Waals surface area contributed by atoms with Gasteiger partial charge in [-0.1, -0.05) is 0 Å². The molecule has 2 rings (SSSR count). The molecule has 0 bridgehead atoms. The van der Waals surface area contributed by atoms with Gasteiger partial charge in [-0.05, 0) is 5.56 Å². The van der Waals surface area contributed by atoms with E-state index in [2.05, 4.69) is 0 Å². The van der Waals surface area contributed by atoms with Crippen molar-refractivity contribution in [1.29, 1.82) is 0 Å². The van der Waals surface area contributed by atoms with Crippen LogP contribution in [-0.4, -0.2) is 16.9 Å². The molecule has 0 aliphatic heterocycles. The van der Waals surface area contributed by atoms with Crippen LogP contribution in [0.3, 0.4) is 0 Å². The third-order valence-corrected chi connectivity index (χ3v) is 3.12. The van der Waals surface area contributed by atoms with Crippen molar-refractivity contribution in [3.63, 3.8) is 0 Å². The molecule has 0 radical (unpaired) electrons. The SMILES string of the molecule is O=C(O)c1csc2c1C[CH-]CC2=O.[Rb+]. The summed E-state index contributed by atoms with van der Waals surface area (Å²) in [7, 11) is 0. The van der Waals surface area contributed by atoms with Gasteiger partial charge in [0.25, 0.3) is 0 Å². The summed E-state index contributed by atoms with van der Waals surface area (Å²) < 4.78 is 0. The number of hydrogen-bond acceptors (Lipinski definition) is 3. The predicted octanol–water partition coefficient (Wildman–Crippen LogP) is -1.22. The fourth-order valence-corrected chi connectivity index (χ4v) is 2.47. The maximum absolute atomic E-state index is 11.3. The Morgan fingerprint density at radius 3 is 2.86 bits per heavy atom. The van der Waals surface area contributed by atoms with Crippen molar-refractivity contribution in [1.82, 2.24) is 0 Å². The summed E-state index contributed by atoms with van der Waals surface area (Å²) in [5.74, 6) is -0.903. The summed E-state index contributed by atoms with van der Waals surface area (Å²) >= 11 is 1.24. The van der Waals surface area contributed by atoms with Crippen LogP contribution in [0, 0.1) is 6.42 Å². The van der Waals surface area contributed by atoms with Gasteiger partial charge in [0.2, 0.25) is 0 Å². The van der Waals surface area contributed by atoms with Crippen LogP contribution in [0.1, 0.15) is 32.0 Å². The average molecular weight is 281 g/mol. The van der Waals surface area contributed by atoms with Crippen LogP contribution in [0.5, 0.6) is 0 Å². The fraction of sp³-hybridized carbons (Fsp3) is 0.222. The normalized spacial score (nSPS) is 14.4. The van der Waals surface area contributed by atoms with E-state index in [-0.39, 0.29) is 69.5 Å². The van der Waals surface area contributed by atoms with Gasteiger partial charge in [0.15, 0.2) is 0 Å². The zero-order chi connectivity index (χ0) is 9.42. The van der Waals surface area contributed by atoms with Gasteiger partial charge in [-0.25, -0.2) is 4.79 Å². The maximum Gasteiger partial charge on any atom is 1.00 e. The van der Waals surface area contributed by atoms with Gasteiger partial charge in [-0.15, -0.1) is 17.8 Å². The fourth-order valence-electron chi connectivity index (χ4n) is 1.44. The molecule has 0 unspecified atom stereocenters. The minimum absolute atomic E-state index is 0. The van der Waals surface area contributed by atoms with E-state index in [4.69, 9.17) is 5.11 Å². The zero-order valence-corrected chi connectivity index (χ0v) is 13.5. The molecule has 0 atom stereocenters. The van der Waals surface area contributed by atoms with Gasteiger partial charge in [-0.2, -0.15) is 6.42 Å². The number of thiophene rings is 1. The standard InChI is InChI=1S/C9H7O3S.Rb/c10-7-3-1-2-5-6(9(11)12)4-13-8(5)7;/h1,4H,2-3H2,(H,11,12);/q-1;+1. The van der Waals surface area contributed by atoms with Crippen molar-refractivity contribution in [2.45, 2.75) is 12.8 Å². The van der Waals surface area contributed by atoms with Gasteiger partial charge in [0, 0.05) is 5.38 Å². The van der Waals surface area contributed by atoms with Crippen LogP contribution in [-0.2, 0) is 6.42 Å². The number of ketones is 1. The number of rotatable bonds is 1. The molecule has 3 nitrogen and oxygen atoms in total. The molecule has 5 heteroatoms. The molecule has 1 aliphatic rings.